The maximum absolute atomic E-state index is 14.3. The molecule has 20 heavy (non-hydrogen) atoms. The van der Waals surface area contributed by atoms with Gasteiger partial charge in [-0.1, -0.05) is 24.3 Å². The minimum absolute atomic E-state index is 0.0148. The molecule has 0 saturated carbocycles. The molecule has 3 rings (SSSR count). The molecule has 1 unspecified atom stereocenters. The molecule has 2 aromatic carbocycles. The third-order valence-corrected chi connectivity index (χ3v) is 4.07. The van der Waals surface area contributed by atoms with Gasteiger partial charge in [0.25, 0.3) is 0 Å². The van der Waals surface area contributed by atoms with Crippen molar-refractivity contribution in [3.05, 3.63) is 59.4 Å². The highest BCUT2D eigenvalue weighted by Crippen LogP contribution is 2.38. The Bertz CT molecular complexity index is 624. The highest BCUT2D eigenvalue weighted by molar-refractivity contribution is 5.72. The van der Waals surface area contributed by atoms with Crippen molar-refractivity contribution in [1.82, 2.24) is 5.32 Å². The summed E-state index contributed by atoms with van der Waals surface area (Å²) in [6.45, 7) is 2.90. The Labute approximate surface area is 119 Å². The predicted molar refractivity (Wildman–Crippen MR) is 81.0 cm³/mol. The third-order valence-electron chi connectivity index (χ3n) is 4.07. The van der Waals surface area contributed by atoms with Crippen LogP contribution in [0.4, 0.5) is 15.8 Å². The Morgan fingerprint density at radius 3 is 2.65 bits per heavy atom. The van der Waals surface area contributed by atoms with Gasteiger partial charge in [0, 0.05) is 29.5 Å². The number of nitrogens with zero attached hydrogens (tertiary/aromatic N) is 1. The summed E-state index contributed by atoms with van der Waals surface area (Å²) < 4.78 is 14.3. The van der Waals surface area contributed by atoms with Crippen LogP contribution in [0.1, 0.15) is 24.1 Å². The van der Waals surface area contributed by atoms with Crippen LogP contribution in [0.25, 0.3) is 0 Å². The standard InChI is InChI=1S/C17H19FN2/c1-12(19-2)17-14(18)7-5-9-16(17)20-11-10-13-6-3-4-8-15(13)20/h3-9,12,19H,10-11H2,1-2H3. The molecule has 0 aliphatic carbocycles. The summed E-state index contributed by atoms with van der Waals surface area (Å²) in [4.78, 5) is 2.22. The van der Waals surface area contributed by atoms with Gasteiger partial charge < -0.3 is 10.2 Å². The highest BCUT2D eigenvalue weighted by atomic mass is 19.1. The molecule has 2 nitrogen and oxygen atoms in total. The number of fused-ring (bicyclic) bond motifs is 1. The summed E-state index contributed by atoms with van der Waals surface area (Å²) >= 11 is 0. The van der Waals surface area contributed by atoms with E-state index in [1.165, 1.54) is 17.3 Å². The fourth-order valence-electron chi connectivity index (χ4n) is 2.92. The molecule has 0 spiro atoms. The van der Waals surface area contributed by atoms with Crippen LogP contribution >= 0.6 is 0 Å². The minimum Gasteiger partial charge on any atom is -0.341 e. The van der Waals surface area contributed by atoms with Crippen molar-refractivity contribution >= 4 is 11.4 Å². The fourth-order valence-corrected chi connectivity index (χ4v) is 2.92. The van der Waals surface area contributed by atoms with E-state index in [9.17, 15) is 4.39 Å². The molecule has 0 amide bonds. The van der Waals surface area contributed by atoms with Gasteiger partial charge in [-0.3, -0.25) is 0 Å². The molecule has 3 heteroatoms. The summed E-state index contributed by atoms with van der Waals surface area (Å²) in [5.41, 5.74) is 4.24. The zero-order valence-corrected chi connectivity index (χ0v) is 11.9. The fraction of sp³-hybridized carbons (Fsp3) is 0.294. The van der Waals surface area contributed by atoms with Crippen LogP contribution in [0.15, 0.2) is 42.5 Å². The van der Waals surface area contributed by atoms with Crippen LogP contribution in [-0.4, -0.2) is 13.6 Å². The van der Waals surface area contributed by atoms with Crippen molar-refractivity contribution in [3.8, 4) is 0 Å². The van der Waals surface area contributed by atoms with E-state index in [-0.39, 0.29) is 11.9 Å². The van der Waals surface area contributed by atoms with Crippen LogP contribution in [-0.2, 0) is 6.42 Å². The van der Waals surface area contributed by atoms with Gasteiger partial charge in [-0.2, -0.15) is 0 Å². The van der Waals surface area contributed by atoms with Gasteiger partial charge in [0.05, 0.1) is 0 Å². The van der Waals surface area contributed by atoms with Crippen LogP contribution in [0.5, 0.6) is 0 Å². The van der Waals surface area contributed by atoms with Gasteiger partial charge in [-0.15, -0.1) is 0 Å². The smallest absolute Gasteiger partial charge is 0.130 e. The van der Waals surface area contributed by atoms with Crippen molar-refractivity contribution in [2.24, 2.45) is 0 Å². The van der Waals surface area contributed by atoms with Crippen molar-refractivity contribution in [1.29, 1.82) is 0 Å². The lowest BCUT2D eigenvalue weighted by Gasteiger charge is -2.25. The molecule has 0 saturated heterocycles. The van der Waals surface area contributed by atoms with Crippen LogP contribution in [0, 0.1) is 5.82 Å². The molecule has 1 aliphatic rings. The minimum atomic E-state index is -0.145. The number of para-hydroxylation sites is 1. The van der Waals surface area contributed by atoms with Gasteiger partial charge in [-0.05, 0) is 44.2 Å². The monoisotopic (exact) mass is 270 g/mol. The topological polar surface area (TPSA) is 15.3 Å². The maximum atomic E-state index is 14.3. The lowest BCUT2D eigenvalue weighted by Crippen LogP contribution is -2.21. The van der Waals surface area contributed by atoms with Crippen molar-refractivity contribution in [2.75, 3.05) is 18.5 Å². The van der Waals surface area contributed by atoms with E-state index in [0.717, 1.165) is 24.2 Å². The van der Waals surface area contributed by atoms with Crippen molar-refractivity contribution < 1.29 is 4.39 Å². The quantitative estimate of drug-likeness (QED) is 0.912. The average molecular weight is 270 g/mol. The molecule has 104 valence electrons. The van der Waals surface area contributed by atoms with Crippen LogP contribution in [0.3, 0.4) is 0 Å². The maximum Gasteiger partial charge on any atom is 0.130 e. The Kier molecular flexibility index (Phi) is 3.45. The summed E-state index contributed by atoms with van der Waals surface area (Å²) in [7, 11) is 1.86. The Morgan fingerprint density at radius 2 is 1.85 bits per heavy atom. The number of hydrogen-bond donors (Lipinski definition) is 1. The third kappa shape index (κ3) is 2.08. The summed E-state index contributed by atoms with van der Waals surface area (Å²) in [6.07, 6.45) is 1.01. The van der Waals surface area contributed by atoms with Gasteiger partial charge in [-0.25, -0.2) is 4.39 Å². The number of nitrogens with one attached hydrogen (secondary N) is 1. The average Bonchev–Trinajstić information content (AvgIpc) is 2.90. The highest BCUT2D eigenvalue weighted by Gasteiger charge is 2.24. The van der Waals surface area contributed by atoms with E-state index >= 15 is 0 Å². The van der Waals surface area contributed by atoms with Gasteiger partial charge in [0.1, 0.15) is 5.82 Å². The Morgan fingerprint density at radius 1 is 1.10 bits per heavy atom. The van der Waals surface area contributed by atoms with Gasteiger partial charge in [0.2, 0.25) is 0 Å². The number of halogens is 1. The second kappa shape index (κ2) is 5.25. The number of rotatable bonds is 3. The molecule has 0 bridgehead atoms. The number of anilines is 2. The first kappa shape index (κ1) is 13.1. The van der Waals surface area contributed by atoms with Crippen LogP contribution in [0.2, 0.25) is 0 Å². The van der Waals surface area contributed by atoms with Gasteiger partial charge in [0.15, 0.2) is 0 Å². The van der Waals surface area contributed by atoms with Crippen LogP contribution < -0.4 is 10.2 Å². The molecule has 1 aliphatic heterocycles. The second-order valence-electron chi connectivity index (χ2n) is 5.21. The Balaban J connectivity index is 2.10. The van der Waals surface area contributed by atoms with E-state index < -0.39 is 0 Å². The summed E-state index contributed by atoms with van der Waals surface area (Å²) in [5, 5.41) is 3.14. The molecule has 1 atom stereocenters. The van der Waals surface area contributed by atoms with E-state index in [4.69, 9.17) is 0 Å². The molecule has 2 aromatic rings. The molecular formula is C17H19FN2. The first-order chi connectivity index (χ1) is 9.72. The molecule has 1 heterocycles. The lowest BCUT2D eigenvalue weighted by molar-refractivity contribution is 0.562. The van der Waals surface area contributed by atoms with E-state index in [1.54, 1.807) is 6.07 Å². The first-order valence-electron chi connectivity index (χ1n) is 7.03. The number of hydrogen-bond acceptors (Lipinski definition) is 2. The molecule has 0 fully saturated rings. The molecule has 0 aromatic heterocycles. The van der Waals surface area contributed by atoms with E-state index in [1.807, 2.05) is 26.1 Å². The largest absolute Gasteiger partial charge is 0.341 e. The van der Waals surface area contributed by atoms with E-state index in [0.29, 0.717) is 0 Å². The normalized spacial score (nSPS) is 15.2. The zero-order valence-electron chi connectivity index (χ0n) is 11.9. The lowest BCUT2D eigenvalue weighted by atomic mass is 10.0. The first-order valence-corrected chi connectivity index (χ1v) is 7.03. The van der Waals surface area contributed by atoms with Crippen molar-refractivity contribution in [3.63, 3.8) is 0 Å². The SMILES string of the molecule is CNC(C)c1c(F)cccc1N1CCc2ccccc21. The summed E-state index contributed by atoms with van der Waals surface area (Å²) in [5.74, 6) is -0.145. The summed E-state index contributed by atoms with van der Waals surface area (Å²) in [6, 6.07) is 13.7. The Hall–Kier alpha value is -1.87. The molecular weight excluding hydrogens is 251 g/mol. The second-order valence-corrected chi connectivity index (χ2v) is 5.21. The van der Waals surface area contributed by atoms with Crippen molar-refractivity contribution in [2.45, 2.75) is 19.4 Å². The molecule has 0 radical (unpaired) electrons. The predicted octanol–water partition coefficient (Wildman–Crippen LogP) is 3.80. The van der Waals surface area contributed by atoms with Gasteiger partial charge >= 0.3 is 0 Å². The molecule has 1 N–H and O–H groups in total. The van der Waals surface area contributed by atoms with E-state index in [2.05, 4.69) is 28.4 Å². The zero-order chi connectivity index (χ0) is 14.1. The number of benzene rings is 2.